The third kappa shape index (κ3) is 25.3. The number of rotatable bonds is 31. The molecule has 4 aliphatic rings. The van der Waals surface area contributed by atoms with Crippen molar-refractivity contribution >= 4 is 64.8 Å². The molecule has 4 aromatic rings. The number of carbonyl (C=O) groups excluding carboxylic acids is 9. The van der Waals surface area contributed by atoms with E-state index in [1.165, 1.54) is 31.2 Å². The van der Waals surface area contributed by atoms with Crippen LogP contribution < -0.4 is 40.2 Å². The number of benzene rings is 3. The number of aromatic nitrogens is 1. The average Bonchev–Trinajstić information content (AvgIpc) is 1.65. The van der Waals surface area contributed by atoms with Crippen molar-refractivity contribution in [3.05, 3.63) is 109 Å². The van der Waals surface area contributed by atoms with Gasteiger partial charge in [0.15, 0.2) is 17.3 Å². The molecule has 16 N–H and O–H groups in total. The van der Waals surface area contributed by atoms with E-state index in [0.717, 1.165) is 91.6 Å². The van der Waals surface area contributed by atoms with Crippen LogP contribution in [0.2, 0.25) is 0 Å². The van der Waals surface area contributed by atoms with E-state index in [4.69, 9.17) is 32.4 Å². The molecule has 0 saturated carbocycles. The van der Waals surface area contributed by atoms with Crippen LogP contribution in [0.3, 0.4) is 0 Å². The fourth-order valence-electron chi connectivity index (χ4n) is 13.7. The number of aliphatic hydroxyl groups excluding tert-OH is 8. The maximum absolute atomic E-state index is 15.3. The average molecular weight is 1610 g/mol. The van der Waals surface area contributed by atoms with Crippen LogP contribution in [0.15, 0.2) is 103 Å². The van der Waals surface area contributed by atoms with Gasteiger partial charge in [-0.3, -0.25) is 52.1 Å². The van der Waals surface area contributed by atoms with E-state index in [2.05, 4.69) is 63.6 Å². The van der Waals surface area contributed by atoms with Crippen LogP contribution in [0.25, 0.3) is 22.6 Å². The number of fused-ring (bicyclic) bond motifs is 2. The first-order valence-electron chi connectivity index (χ1n) is 37.2. The minimum absolute atomic E-state index is 0.0499. The Kier molecular flexibility index (Phi) is 33.2. The number of β-amino-alcohol motifs (C(OH)–C–C–N with tert-alkyl or cyclic N) is 1. The normalized spacial score (nSPS) is 24.7. The van der Waals surface area contributed by atoms with Gasteiger partial charge < -0.3 is 115 Å². The summed E-state index contributed by atoms with van der Waals surface area (Å²) in [7, 11) is 0. The van der Waals surface area contributed by atoms with E-state index in [1.54, 1.807) is 18.2 Å². The van der Waals surface area contributed by atoms with Gasteiger partial charge >= 0.3 is 12.2 Å². The largest absolute Gasteiger partial charge is 0.514 e. The van der Waals surface area contributed by atoms with Gasteiger partial charge in [0.1, 0.15) is 60.9 Å². The second-order valence-electron chi connectivity index (χ2n) is 28.5. The van der Waals surface area contributed by atoms with Crippen molar-refractivity contribution in [3.8, 4) is 39.8 Å². The van der Waals surface area contributed by atoms with Crippen LogP contribution in [0.5, 0.6) is 17.2 Å². The molecule has 38 heteroatoms. The first-order valence-corrected chi connectivity index (χ1v) is 38.6. The third-order valence-corrected chi connectivity index (χ3v) is 19.9. The van der Waals surface area contributed by atoms with Crippen LogP contribution in [-0.4, -0.2) is 303 Å². The standard InChI is InChI=1S/C75H104N10O27S/c1-7-27-107-74(101)83(50(40-86)41-87)26-24-57(91)64-73(100)85-36-42(3)66(93)65(85)71(98)76-35-51(89)32-55(77-67(94)49-17-15-47(16-18-49)54-34-60(111-81-54)48-19-21-53(22-20-48)106-29-13-11-9-10-12-25-82-37-43(4)109-44(5)38-82)68(95)78-62(45(6)88)72(99)84-39-52(90)33-56(84)69(96)79-63(70(97)80-64)58(92)30-46-14-23-59(110-75(102)108-28-8-2)61(31-46)112-113(103,104)105/h7-8,14-23,31,34,42-45,50-52,55-58,62-66,86-93,103-105H,1-2,9-13,24-30,32-33,35-41H2,3-6H3,(H,76,98)(H,77,94)(H,78,95)(H,79,96)(H,80,97)/t42-,43-,44+,45+,51+,52+,55-,56-,57+,58+,62-,63-,64-,65-,66-/m0/s1. The van der Waals surface area contributed by atoms with Crippen molar-refractivity contribution in [3.63, 3.8) is 0 Å². The summed E-state index contributed by atoms with van der Waals surface area (Å²) in [5.41, 5.74) is 1.36. The number of hydrogen-bond acceptors (Lipinski definition) is 29. The Morgan fingerprint density at radius 3 is 2.01 bits per heavy atom. The number of ether oxygens (including phenoxy) is 5. The van der Waals surface area contributed by atoms with Crippen LogP contribution in [-0.2, 0) is 49.4 Å². The lowest BCUT2D eigenvalue weighted by Crippen LogP contribution is -2.64. The molecule has 4 saturated heterocycles. The second kappa shape index (κ2) is 42.1. The van der Waals surface area contributed by atoms with Crippen molar-refractivity contribution in [2.45, 2.75) is 177 Å². The first-order chi connectivity index (χ1) is 53.8. The zero-order valence-corrected chi connectivity index (χ0v) is 64.0. The quantitative estimate of drug-likeness (QED) is 0.0144. The van der Waals surface area contributed by atoms with Gasteiger partial charge in [-0.1, -0.05) is 74.9 Å². The molecule has 622 valence electrons. The van der Waals surface area contributed by atoms with Crippen molar-refractivity contribution in [1.29, 1.82) is 0 Å². The number of unbranched alkanes of at least 4 members (excludes halogenated alkanes) is 4. The molecule has 15 atom stereocenters. The number of amides is 8. The molecule has 0 bridgehead atoms. The van der Waals surface area contributed by atoms with Crippen LogP contribution in [0, 0.1) is 5.92 Å². The third-order valence-electron chi connectivity index (χ3n) is 19.5. The minimum Gasteiger partial charge on any atom is -0.494 e. The van der Waals surface area contributed by atoms with Crippen LogP contribution >= 0.6 is 11.2 Å². The summed E-state index contributed by atoms with van der Waals surface area (Å²) in [6.45, 7) is 12.1. The summed E-state index contributed by atoms with van der Waals surface area (Å²) < 4.78 is 67.3. The van der Waals surface area contributed by atoms with Gasteiger partial charge in [0.2, 0.25) is 35.4 Å². The zero-order valence-electron chi connectivity index (χ0n) is 63.2. The summed E-state index contributed by atoms with van der Waals surface area (Å²) in [6.07, 6.45) is -8.69. The smallest absolute Gasteiger partial charge is 0.494 e. The molecule has 0 spiro atoms. The number of aliphatic hydroxyl groups is 8. The molecule has 4 fully saturated rings. The van der Waals surface area contributed by atoms with Gasteiger partial charge in [0.25, 0.3) is 17.1 Å². The molecule has 8 amide bonds. The van der Waals surface area contributed by atoms with E-state index in [9.17, 15) is 88.1 Å². The van der Waals surface area contributed by atoms with E-state index >= 15 is 9.59 Å². The molecule has 113 heavy (non-hydrogen) atoms. The van der Waals surface area contributed by atoms with E-state index in [-0.39, 0.29) is 36.5 Å². The van der Waals surface area contributed by atoms with Crippen LogP contribution in [0.4, 0.5) is 9.59 Å². The van der Waals surface area contributed by atoms with Gasteiger partial charge in [-0.15, -0.1) is 0 Å². The number of nitrogens with zero attached hydrogens (tertiary/aromatic N) is 5. The summed E-state index contributed by atoms with van der Waals surface area (Å²) >= 11 is -4.93. The summed E-state index contributed by atoms with van der Waals surface area (Å²) in [4.78, 5) is 135. The lowest BCUT2D eigenvalue weighted by Gasteiger charge is -2.35. The fraction of sp³-hybridized carbons (Fsp3) is 0.547. The number of nitrogens with one attached hydrogen (secondary N) is 5. The maximum atomic E-state index is 15.3. The Morgan fingerprint density at radius 2 is 1.35 bits per heavy atom. The molecule has 0 unspecified atom stereocenters. The molecule has 4 aliphatic heterocycles. The van der Waals surface area contributed by atoms with Gasteiger partial charge in [0, 0.05) is 87.2 Å². The molecular weight excluding hydrogens is 1500 g/mol. The molecule has 0 radical (unpaired) electrons. The van der Waals surface area contributed by atoms with Gasteiger partial charge in [-0.2, -0.15) is 0 Å². The molecule has 3 aromatic carbocycles. The predicted molar refractivity (Wildman–Crippen MR) is 403 cm³/mol. The van der Waals surface area contributed by atoms with Gasteiger partial charge in [0.05, 0.1) is 74.7 Å². The SMILES string of the molecule is C=CCOC(=O)Oc1ccc(C[C@@H](O)[C@@H]2NC(=O)[C@@H]3C[C@@H](O)CN3C(=O)[C@H]([C@@H](C)O)NC(=O)[C@@H](NC(=O)c3ccc(-c4cc(-c5ccc(OCCCCCCCN6C[C@@H](C)O[C@@H](C)C6)cc5)on4)cc3)C[C@@H](O)CNC(=O)[C@@H]3[C@@H](O)[C@@H](C)CN3C(=O)[C@H]([C@H](O)CCN(C(=O)OCC=C)C(CO)CO)NC2=O)cc1OS(O)(O)O. The highest BCUT2D eigenvalue weighted by Gasteiger charge is 2.50. The Hall–Kier alpha value is -9.39. The van der Waals surface area contributed by atoms with Crippen molar-refractivity contribution < 1.29 is 130 Å². The molecule has 37 nitrogen and oxygen atoms in total. The number of morpholine rings is 1. The van der Waals surface area contributed by atoms with Crippen LogP contribution in [0.1, 0.15) is 95.0 Å². The molecular formula is C75H104N10O27S. The molecule has 1 aromatic heterocycles. The lowest BCUT2D eigenvalue weighted by atomic mass is 9.98. The predicted octanol–water partition coefficient (Wildman–Crippen LogP) is 0.982. The Balaban J connectivity index is 1.06. The lowest BCUT2D eigenvalue weighted by molar-refractivity contribution is -0.147. The Bertz CT molecular complexity index is 3870. The fourth-order valence-corrected chi connectivity index (χ4v) is 14.1. The highest BCUT2D eigenvalue weighted by molar-refractivity contribution is 8.15. The van der Waals surface area contributed by atoms with E-state index in [0.29, 0.717) is 34.9 Å². The Labute approximate surface area is 653 Å². The molecule has 0 aliphatic carbocycles. The topological polar surface area (TPSA) is 531 Å². The van der Waals surface area contributed by atoms with Gasteiger partial charge in [-0.25, -0.2) is 9.59 Å². The summed E-state index contributed by atoms with van der Waals surface area (Å²) in [5.74, 6) is -10.0. The minimum atomic E-state index is -4.93. The van der Waals surface area contributed by atoms with Crippen molar-refractivity contribution in [2.75, 3.05) is 78.8 Å². The first kappa shape index (κ1) is 89.2. The number of carbonyl (C=O) groups is 9. The van der Waals surface area contributed by atoms with E-state index in [1.807, 2.05) is 24.3 Å². The summed E-state index contributed by atoms with van der Waals surface area (Å²) in [6, 6.07) is 4.08. The monoisotopic (exact) mass is 1610 g/mol. The second-order valence-corrected chi connectivity index (χ2v) is 29.6. The van der Waals surface area contributed by atoms with Crippen molar-refractivity contribution in [2.24, 2.45) is 5.92 Å². The highest BCUT2D eigenvalue weighted by Crippen LogP contribution is 2.42. The van der Waals surface area contributed by atoms with E-state index < -0.39 is 226 Å². The zero-order chi connectivity index (χ0) is 82.4. The number of hydrogen-bond donors (Lipinski definition) is 16. The highest BCUT2D eigenvalue weighted by atomic mass is 32.3. The Morgan fingerprint density at radius 1 is 0.708 bits per heavy atom. The summed E-state index contributed by atoms with van der Waals surface area (Å²) in [5, 5.41) is 107. The van der Waals surface area contributed by atoms with Gasteiger partial charge in [-0.05, 0) is 101 Å². The molecule has 5 heterocycles. The molecule has 8 rings (SSSR count). The maximum Gasteiger partial charge on any atom is 0.514 e. The van der Waals surface area contributed by atoms with Crippen molar-refractivity contribution in [1.82, 2.24) is 51.3 Å².